The molecular formula is C28H37N3OS. The third kappa shape index (κ3) is 7.55. The van der Waals surface area contributed by atoms with Crippen molar-refractivity contribution in [2.75, 3.05) is 18.0 Å². The largest absolute Gasteiger partial charge is 0.345 e. The molecule has 0 aliphatic carbocycles. The van der Waals surface area contributed by atoms with E-state index < -0.39 is 0 Å². The Kier molecular flexibility index (Phi) is 8.88. The molecule has 0 aromatic carbocycles. The van der Waals surface area contributed by atoms with Crippen molar-refractivity contribution in [1.82, 2.24) is 9.88 Å². The second-order valence-electron chi connectivity index (χ2n) is 9.95. The second-order valence-corrected chi connectivity index (χ2v) is 11.0. The fourth-order valence-electron chi connectivity index (χ4n) is 4.19. The van der Waals surface area contributed by atoms with Crippen LogP contribution in [0.2, 0.25) is 0 Å². The van der Waals surface area contributed by atoms with Crippen LogP contribution in [0, 0.1) is 17.3 Å². The zero-order valence-corrected chi connectivity index (χ0v) is 21.4. The summed E-state index contributed by atoms with van der Waals surface area (Å²) in [6.07, 6.45) is 10.3. The monoisotopic (exact) mass is 463 g/mol. The maximum atomic E-state index is 11.7. The predicted molar refractivity (Wildman–Crippen MR) is 140 cm³/mol. The van der Waals surface area contributed by atoms with Crippen LogP contribution in [-0.2, 0) is 13.0 Å². The molecule has 0 radical (unpaired) electrons. The van der Waals surface area contributed by atoms with Crippen LogP contribution >= 0.6 is 11.3 Å². The topological polar surface area (TPSA) is 36.4 Å². The number of aryl methyl sites for hydroxylation is 1. The zero-order valence-electron chi connectivity index (χ0n) is 20.6. The Morgan fingerprint density at radius 3 is 2.73 bits per heavy atom. The van der Waals surface area contributed by atoms with Gasteiger partial charge in [-0.1, -0.05) is 18.4 Å². The van der Waals surface area contributed by atoms with E-state index >= 15 is 0 Å². The first-order chi connectivity index (χ1) is 15.8. The van der Waals surface area contributed by atoms with Crippen LogP contribution in [0.4, 0.5) is 5.69 Å². The molecule has 1 fully saturated rings. The molecule has 1 saturated heterocycles. The van der Waals surface area contributed by atoms with Gasteiger partial charge in [-0.05, 0) is 103 Å². The number of thiophene rings is 1. The van der Waals surface area contributed by atoms with Crippen molar-refractivity contribution >= 4 is 23.3 Å². The van der Waals surface area contributed by atoms with Gasteiger partial charge in [-0.25, -0.2) is 0 Å². The number of carbonyl (C=O) groups is 1. The lowest BCUT2D eigenvalue weighted by molar-refractivity contribution is 0.112. The highest BCUT2D eigenvalue weighted by molar-refractivity contribution is 7.14. The summed E-state index contributed by atoms with van der Waals surface area (Å²) in [5.41, 5.74) is 3.35. The summed E-state index contributed by atoms with van der Waals surface area (Å²) < 4.78 is 0. The molecule has 1 unspecified atom stereocenters. The van der Waals surface area contributed by atoms with Gasteiger partial charge in [-0.3, -0.25) is 14.7 Å². The van der Waals surface area contributed by atoms with E-state index in [0.29, 0.717) is 4.88 Å². The molecule has 5 heteroatoms. The summed E-state index contributed by atoms with van der Waals surface area (Å²) in [5, 5.41) is 0. The van der Waals surface area contributed by atoms with E-state index in [1.54, 1.807) is 0 Å². The number of rotatable bonds is 10. The summed E-state index contributed by atoms with van der Waals surface area (Å²) in [5.74, 6) is 6.49. The summed E-state index contributed by atoms with van der Waals surface area (Å²) in [6.45, 7) is 15.9. The highest BCUT2D eigenvalue weighted by Gasteiger charge is 2.18. The Hall–Kier alpha value is -2.42. The Bertz CT molecular complexity index is 1000. The van der Waals surface area contributed by atoms with Crippen molar-refractivity contribution in [2.24, 2.45) is 5.41 Å². The molecule has 0 saturated carbocycles. The fraction of sp³-hybridized carbons (Fsp3) is 0.500. The SMILES string of the molecule is C=CN(c1cc(C#CC(C)(C)C)sc1C=O)C(C)CCCc1cc(CN2CCCC2)ccn1. The molecule has 0 bridgehead atoms. The van der Waals surface area contributed by atoms with E-state index in [1.807, 2.05) is 18.5 Å². The zero-order chi connectivity index (χ0) is 23.8. The minimum absolute atomic E-state index is 0.0727. The van der Waals surface area contributed by atoms with Crippen molar-refractivity contribution in [3.63, 3.8) is 0 Å². The molecule has 0 spiro atoms. The lowest BCUT2D eigenvalue weighted by Crippen LogP contribution is -2.28. The Balaban J connectivity index is 1.60. The van der Waals surface area contributed by atoms with Gasteiger partial charge in [-0.15, -0.1) is 11.3 Å². The maximum Gasteiger partial charge on any atom is 0.162 e. The number of aldehydes is 1. The standard InChI is InChI=1S/C28H37N3OS/c1-6-31(26-19-25(33-27(26)21-32)12-14-28(3,4)5)22(2)10-9-11-24-18-23(13-15-29-24)20-30-16-7-8-17-30/h6,13,15,18-19,21-22H,1,7-11,16-17,20H2,2-5H3. The van der Waals surface area contributed by atoms with Gasteiger partial charge in [0.1, 0.15) is 0 Å². The Morgan fingerprint density at radius 1 is 1.30 bits per heavy atom. The minimum atomic E-state index is -0.0727. The first-order valence-corrected chi connectivity index (χ1v) is 12.8. The van der Waals surface area contributed by atoms with E-state index in [-0.39, 0.29) is 11.5 Å². The van der Waals surface area contributed by atoms with Crippen LogP contribution < -0.4 is 4.90 Å². The van der Waals surface area contributed by atoms with Gasteiger partial charge in [0.2, 0.25) is 0 Å². The Labute approximate surface area is 203 Å². The summed E-state index contributed by atoms with van der Waals surface area (Å²) >= 11 is 1.45. The van der Waals surface area contributed by atoms with Gasteiger partial charge < -0.3 is 4.90 Å². The van der Waals surface area contributed by atoms with Crippen molar-refractivity contribution in [3.05, 3.63) is 58.2 Å². The normalized spacial score (nSPS) is 15.0. The number of likely N-dealkylation sites (tertiary alicyclic amines) is 1. The number of hydrogen-bond acceptors (Lipinski definition) is 5. The van der Waals surface area contributed by atoms with Crippen molar-refractivity contribution < 1.29 is 4.79 Å². The van der Waals surface area contributed by atoms with Crippen molar-refractivity contribution in [2.45, 2.75) is 72.4 Å². The molecule has 3 heterocycles. The third-order valence-corrected chi connectivity index (χ3v) is 6.86. The molecule has 1 aliphatic heterocycles. The quantitative estimate of drug-likeness (QED) is 0.306. The molecule has 3 rings (SSSR count). The molecule has 33 heavy (non-hydrogen) atoms. The number of nitrogens with zero attached hydrogens (tertiary/aromatic N) is 3. The highest BCUT2D eigenvalue weighted by atomic mass is 32.1. The number of anilines is 1. The van der Waals surface area contributed by atoms with E-state index in [4.69, 9.17) is 0 Å². The van der Waals surface area contributed by atoms with Crippen LogP contribution in [0.1, 0.15) is 79.2 Å². The average Bonchev–Trinajstić information content (AvgIpc) is 3.42. The van der Waals surface area contributed by atoms with Gasteiger partial charge in [-0.2, -0.15) is 0 Å². The molecular weight excluding hydrogens is 426 g/mol. The molecule has 1 atom stereocenters. The van der Waals surface area contributed by atoms with E-state index in [9.17, 15) is 4.79 Å². The molecule has 2 aromatic rings. The first kappa shape index (κ1) is 25.2. The van der Waals surface area contributed by atoms with Crippen molar-refractivity contribution in [3.8, 4) is 11.8 Å². The predicted octanol–water partition coefficient (Wildman–Crippen LogP) is 6.31. The molecule has 2 aromatic heterocycles. The average molecular weight is 464 g/mol. The smallest absolute Gasteiger partial charge is 0.162 e. The minimum Gasteiger partial charge on any atom is -0.345 e. The van der Waals surface area contributed by atoms with Gasteiger partial charge in [0.05, 0.1) is 15.4 Å². The van der Waals surface area contributed by atoms with E-state index in [0.717, 1.165) is 48.4 Å². The van der Waals surface area contributed by atoms with Crippen molar-refractivity contribution in [1.29, 1.82) is 0 Å². The van der Waals surface area contributed by atoms with Crippen LogP contribution in [0.25, 0.3) is 0 Å². The van der Waals surface area contributed by atoms with Gasteiger partial charge in [0.15, 0.2) is 6.29 Å². The molecule has 0 amide bonds. The number of pyridine rings is 1. The number of carbonyl (C=O) groups excluding carboxylic acids is 1. The first-order valence-electron chi connectivity index (χ1n) is 12.0. The van der Waals surface area contributed by atoms with E-state index in [2.05, 4.69) is 73.0 Å². The van der Waals surface area contributed by atoms with Crippen LogP contribution in [0.5, 0.6) is 0 Å². The molecule has 1 aliphatic rings. The fourth-order valence-corrected chi connectivity index (χ4v) is 5.01. The summed E-state index contributed by atoms with van der Waals surface area (Å²) in [4.78, 5) is 22.6. The van der Waals surface area contributed by atoms with Crippen LogP contribution in [0.15, 0.2) is 37.2 Å². The van der Waals surface area contributed by atoms with Gasteiger partial charge >= 0.3 is 0 Å². The third-order valence-electron chi connectivity index (χ3n) is 5.90. The number of hydrogen-bond donors (Lipinski definition) is 0. The van der Waals surface area contributed by atoms with Crippen LogP contribution in [-0.4, -0.2) is 35.3 Å². The lowest BCUT2D eigenvalue weighted by atomic mass is 9.98. The highest BCUT2D eigenvalue weighted by Crippen LogP contribution is 2.31. The Morgan fingerprint density at radius 2 is 2.06 bits per heavy atom. The van der Waals surface area contributed by atoms with E-state index in [1.165, 1.54) is 42.8 Å². The second kappa shape index (κ2) is 11.6. The van der Waals surface area contributed by atoms with Crippen LogP contribution in [0.3, 0.4) is 0 Å². The summed E-state index contributed by atoms with van der Waals surface area (Å²) in [7, 11) is 0. The molecule has 0 N–H and O–H groups in total. The van der Waals surface area contributed by atoms with Gasteiger partial charge in [0, 0.05) is 29.9 Å². The molecule has 176 valence electrons. The van der Waals surface area contributed by atoms with Gasteiger partial charge in [0.25, 0.3) is 0 Å². The number of aromatic nitrogens is 1. The lowest BCUT2D eigenvalue weighted by Gasteiger charge is -2.27. The maximum absolute atomic E-state index is 11.7. The summed E-state index contributed by atoms with van der Waals surface area (Å²) in [6, 6.07) is 6.65. The molecule has 4 nitrogen and oxygen atoms in total.